The summed E-state index contributed by atoms with van der Waals surface area (Å²) in [4.78, 5) is 4.18. The predicted octanol–water partition coefficient (Wildman–Crippen LogP) is 3.02. The van der Waals surface area contributed by atoms with Crippen molar-refractivity contribution in [2.75, 3.05) is 5.32 Å². The van der Waals surface area contributed by atoms with Crippen LogP contribution in [0.25, 0.3) is 0 Å². The summed E-state index contributed by atoms with van der Waals surface area (Å²) < 4.78 is 13.4. The highest BCUT2D eigenvalue weighted by Crippen LogP contribution is 2.09. The van der Waals surface area contributed by atoms with Crippen LogP contribution in [0.5, 0.6) is 0 Å². The standard InChI is InChI=1S/C14H14FN3S/c1-10-5-4-8-16-13(10)18-14(19)17-9-11-6-2-3-7-12(11)15/h2-8H,9H2,1H3,(H2,16,17,18,19). The molecule has 0 aliphatic carbocycles. The fourth-order valence-corrected chi connectivity index (χ4v) is 1.75. The van der Waals surface area contributed by atoms with Gasteiger partial charge in [0.25, 0.3) is 0 Å². The Morgan fingerprint density at radius 3 is 2.79 bits per heavy atom. The zero-order chi connectivity index (χ0) is 13.7. The minimum absolute atomic E-state index is 0.244. The maximum Gasteiger partial charge on any atom is 0.172 e. The highest BCUT2D eigenvalue weighted by atomic mass is 32.1. The molecular formula is C14H14FN3S. The Balaban J connectivity index is 1.92. The average Bonchev–Trinajstić information content (AvgIpc) is 2.40. The number of hydrogen-bond donors (Lipinski definition) is 2. The van der Waals surface area contributed by atoms with E-state index in [-0.39, 0.29) is 5.82 Å². The molecule has 0 aliphatic heterocycles. The molecule has 1 aromatic heterocycles. The van der Waals surface area contributed by atoms with E-state index < -0.39 is 0 Å². The van der Waals surface area contributed by atoms with Crippen LogP contribution in [0.15, 0.2) is 42.6 Å². The first-order valence-corrected chi connectivity index (χ1v) is 6.27. The van der Waals surface area contributed by atoms with E-state index in [2.05, 4.69) is 15.6 Å². The smallest absolute Gasteiger partial charge is 0.172 e. The summed E-state index contributed by atoms with van der Waals surface area (Å²) in [5.41, 5.74) is 1.57. The second-order valence-electron chi connectivity index (χ2n) is 4.07. The number of pyridine rings is 1. The maximum absolute atomic E-state index is 13.4. The van der Waals surface area contributed by atoms with E-state index in [0.29, 0.717) is 23.0 Å². The summed E-state index contributed by atoms with van der Waals surface area (Å²) in [6, 6.07) is 10.4. The summed E-state index contributed by atoms with van der Waals surface area (Å²) in [5.74, 6) is 0.459. The van der Waals surface area contributed by atoms with Gasteiger partial charge in [-0.3, -0.25) is 0 Å². The van der Waals surface area contributed by atoms with Crippen molar-refractivity contribution in [1.29, 1.82) is 0 Å². The van der Waals surface area contributed by atoms with Gasteiger partial charge in [0.2, 0.25) is 0 Å². The zero-order valence-electron chi connectivity index (χ0n) is 10.5. The van der Waals surface area contributed by atoms with Crippen LogP contribution < -0.4 is 10.6 Å². The molecule has 0 aliphatic rings. The quantitative estimate of drug-likeness (QED) is 0.844. The van der Waals surface area contributed by atoms with E-state index in [1.165, 1.54) is 6.07 Å². The van der Waals surface area contributed by atoms with Crippen LogP contribution in [0.2, 0.25) is 0 Å². The third-order valence-electron chi connectivity index (χ3n) is 2.64. The molecule has 2 aromatic rings. The van der Waals surface area contributed by atoms with Gasteiger partial charge < -0.3 is 10.6 Å². The summed E-state index contributed by atoms with van der Waals surface area (Å²) >= 11 is 5.15. The largest absolute Gasteiger partial charge is 0.358 e. The van der Waals surface area contributed by atoms with Gasteiger partial charge in [-0.15, -0.1) is 0 Å². The highest BCUT2D eigenvalue weighted by molar-refractivity contribution is 7.80. The van der Waals surface area contributed by atoms with Gasteiger partial charge in [-0.1, -0.05) is 24.3 Å². The lowest BCUT2D eigenvalue weighted by Crippen LogP contribution is -2.28. The molecule has 1 heterocycles. The van der Waals surface area contributed by atoms with E-state index in [0.717, 1.165) is 5.56 Å². The van der Waals surface area contributed by atoms with Crippen LogP contribution in [0, 0.1) is 12.7 Å². The van der Waals surface area contributed by atoms with Crippen molar-refractivity contribution in [2.24, 2.45) is 0 Å². The molecule has 2 rings (SSSR count). The number of halogens is 1. The van der Waals surface area contributed by atoms with Crippen LogP contribution in [0.1, 0.15) is 11.1 Å². The van der Waals surface area contributed by atoms with Gasteiger partial charge in [0, 0.05) is 18.3 Å². The lowest BCUT2D eigenvalue weighted by atomic mass is 10.2. The summed E-state index contributed by atoms with van der Waals surface area (Å²) in [5, 5.41) is 6.36. The van der Waals surface area contributed by atoms with Crippen LogP contribution in [0.4, 0.5) is 10.2 Å². The third-order valence-corrected chi connectivity index (χ3v) is 2.89. The summed E-state index contributed by atoms with van der Waals surface area (Å²) in [6.45, 7) is 2.28. The molecule has 0 unspecified atom stereocenters. The molecule has 1 aromatic carbocycles. The van der Waals surface area contributed by atoms with E-state index in [1.54, 1.807) is 24.4 Å². The molecule has 3 nitrogen and oxygen atoms in total. The Labute approximate surface area is 116 Å². The van der Waals surface area contributed by atoms with Gasteiger partial charge in [-0.25, -0.2) is 9.37 Å². The van der Waals surface area contributed by atoms with E-state index >= 15 is 0 Å². The number of aromatic nitrogens is 1. The minimum Gasteiger partial charge on any atom is -0.358 e. The van der Waals surface area contributed by atoms with Crippen molar-refractivity contribution in [2.45, 2.75) is 13.5 Å². The Kier molecular flexibility index (Phi) is 4.41. The Bertz CT molecular complexity index is 586. The van der Waals surface area contributed by atoms with Crippen LogP contribution in [0.3, 0.4) is 0 Å². The number of nitrogens with zero attached hydrogens (tertiary/aromatic N) is 1. The van der Waals surface area contributed by atoms with Gasteiger partial charge in [-0.05, 0) is 36.8 Å². The Morgan fingerprint density at radius 2 is 2.05 bits per heavy atom. The van der Waals surface area contributed by atoms with Crippen molar-refractivity contribution in [1.82, 2.24) is 10.3 Å². The fourth-order valence-electron chi connectivity index (χ4n) is 1.59. The predicted molar refractivity (Wildman–Crippen MR) is 78.4 cm³/mol. The number of rotatable bonds is 3. The molecule has 0 fully saturated rings. The van der Waals surface area contributed by atoms with Crippen LogP contribution in [-0.2, 0) is 6.54 Å². The number of benzene rings is 1. The Hall–Kier alpha value is -2.01. The van der Waals surface area contributed by atoms with Gasteiger partial charge in [-0.2, -0.15) is 0 Å². The van der Waals surface area contributed by atoms with Crippen LogP contribution in [-0.4, -0.2) is 10.1 Å². The zero-order valence-corrected chi connectivity index (χ0v) is 11.3. The lowest BCUT2D eigenvalue weighted by Gasteiger charge is -2.11. The number of nitrogens with one attached hydrogen (secondary N) is 2. The second kappa shape index (κ2) is 6.24. The van der Waals surface area contributed by atoms with E-state index in [9.17, 15) is 4.39 Å². The number of hydrogen-bond acceptors (Lipinski definition) is 2. The molecule has 0 amide bonds. The molecule has 0 saturated carbocycles. The van der Waals surface area contributed by atoms with E-state index in [4.69, 9.17) is 12.2 Å². The topological polar surface area (TPSA) is 37.0 Å². The molecule has 0 radical (unpaired) electrons. The van der Waals surface area contributed by atoms with E-state index in [1.807, 2.05) is 19.1 Å². The third kappa shape index (κ3) is 3.72. The summed E-state index contributed by atoms with van der Waals surface area (Å²) in [6.07, 6.45) is 1.69. The molecular weight excluding hydrogens is 261 g/mol. The minimum atomic E-state index is -0.244. The molecule has 5 heteroatoms. The lowest BCUT2D eigenvalue weighted by molar-refractivity contribution is 0.606. The van der Waals surface area contributed by atoms with Crippen molar-refractivity contribution in [3.05, 3.63) is 59.5 Å². The Morgan fingerprint density at radius 1 is 1.26 bits per heavy atom. The number of anilines is 1. The second-order valence-corrected chi connectivity index (χ2v) is 4.48. The SMILES string of the molecule is Cc1cccnc1NC(=S)NCc1ccccc1F. The molecule has 2 N–H and O–H groups in total. The molecule has 0 spiro atoms. The van der Waals surface area contributed by atoms with Crippen molar-refractivity contribution >= 4 is 23.1 Å². The van der Waals surface area contributed by atoms with Gasteiger partial charge in [0.1, 0.15) is 11.6 Å². The van der Waals surface area contributed by atoms with Crippen LogP contribution >= 0.6 is 12.2 Å². The molecule has 19 heavy (non-hydrogen) atoms. The van der Waals surface area contributed by atoms with Crippen molar-refractivity contribution < 1.29 is 4.39 Å². The monoisotopic (exact) mass is 275 g/mol. The highest BCUT2D eigenvalue weighted by Gasteiger charge is 2.03. The molecule has 98 valence electrons. The first-order chi connectivity index (χ1) is 9.16. The number of aryl methyl sites for hydroxylation is 1. The van der Waals surface area contributed by atoms with Crippen molar-refractivity contribution in [3.63, 3.8) is 0 Å². The molecule has 0 atom stereocenters. The van der Waals surface area contributed by atoms with Crippen molar-refractivity contribution in [3.8, 4) is 0 Å². The average molecular weight is 275 g/mol. The first-order valence-electron chi connectivity index (χ1n) is 5.86. The first kappa shape index (κ1) is 13.4. The number of thiocarbonyl (C=S) groups is 1. The van der Waals surface area contributed by atoms with Gasteiger partial charge in [0.05, 0.1) is 0 Å². The molecule has 0 saturated heterocycles. The fraction of sp³-hybridized carbons (Fsp3) is 0.143. The van der Waals surface area contributed by atoms with Gasteiger partial charge >= 0.3 is 0 Å². The molecule has 0 bridgehead atoms. The maximum atomic E-state index is 13.4. The summed E-state index contributed by atoms with van der Waals surface area (Å²) in [7, 11) is 0. The normalized spacial score (nSPS) is 10.0. The van der Waals surface area contributed by atoms with Gasteiger partial charge in [0.15, 0.2) is 5.11 Å².